The van der Waals surface area contributed by atoms with Crippen LogP contribution in [-0.4, -0.2) is 44.0 Å². The van der Waals surface area contributed by atoms with Gasteiger partial charge in [0, 0.05) is 31.7 Å². The van der Waals surface area contributed by atoms with Gasteiger partial charge in [-0.25, -0.2) is 0 Å². The molecule has 0 spiro atoms. The molecule has 0 fully saturated rings. The van der Waals surface area contributed by atoms with E-state index in [0.29, 0.717) is 6.04 Å². The topological polar surface area (TPSA) is 29.5 Å². The Kier molecular flexibility index (Phi) is 8.44. The fraction of sp³-hybridized carbons (Fsp3) is 0.929. The van der Waals surface area contributed by atoms with Gasteiger partial charge in [0.1, 0.15) is 6.29 Å². The lowest BCUT2D eigenvalue weighted by molar-refractivity contribution is -0.117. The second-order valence-electron chi connectivity index (χ2n) is 5.24. The minimum Gasteiger partial charge on any atom is -0.383 e. The highest BCUT2D eigenvalue weighted by Gasteiger charge is 2.27. The molecule has 0 aliphatic heterocycles. The predicted octanol–water partition coefficient (Wildman–Crippen LogP) is 2.74. The molecule has 0 amide bonds. The molecule has 0 rings (SSSR count). The van der Waals surface area contributed by atoms with E-state index >= 15 is 0 Å². The third-order valence-corrected chi connectivity index (χ3v) is 3.47. The van der Waals surface area contributed by atoms with Crippen molar-refractivity contribution in [2.24, 2.45) is 5.41 Å². The van der Waals surface area contributed by atoms with E-state index in [1.165, 1.54) is 0 Å². The number of hydrogen-bond donors (Lipinski definition) is 0. The van der Waals surface area contributed by atoms with Crippen molar-refractivity contribution in [3.8, 4) is 0 Å². The summed E-state index contributed by atoms with van der Waals surface area (Å²) < 4.78 is 5.15. The number of carbonyl (C=O) groups is 1. The Labute approximate surface area is 107 Å². The highest BCUT2D eigenvalue weighted by molar-refractivity contribution is 5.59. The monoisotopic (exact) mass is 243 g/mol. The van der Waals surface area contributed by atoms with Crippen LogP contribution in [0.25, 0.3) is 0 Å². The van der Waals surface area contributed by atoms with Crippen LogP contribution in [0.15, 0.2) is 0 Å². The van der Waals surface area contributed by atoms with Crippen molar-refractivity contribution < 1.29 is 9.53 Å². The lowest BCUT2D eigenvalue weighted by Gasteiger charge is -2.35. The summed E-state index contributed by atoms with van der Waals surface area (Å²) in [6.45, 7) is 11.1. The Morgan fingerprint density at radius 2 is 2.06 bits per heavy atom. The molecule has 102 valence electrons. The molecule has 0 aromatic carbocycles. The molecule has 17 heavy (non-hydrogen) atoms. The number of methoxy groups -OCH3 is 1. The maximum atomic E-state index is 11.3. The molecule has 3 heteroatoms. The second kappa shape index (κ2) is 8.65. The normalized spacial score (nSPS) is 16.8. The van der Waals surface area contributed by atoms with Crippen molar-refractivity contribution in [2.45, 2.75) is 53.0 Å². The van der Waals surface area contributed by atoms with Gasteiger partial charge in [-0.2, -0.15) is 0 Å². The molecule has 0 aliphatic rings. The molecule has 3 nitrogen and oxygen atoms in total. The third-order valence-electron chi connectivity index (χ3n) is 3.47. The van der Waals surface area contributed by atoms with Crippen LogP contribution < -0.4 is 0 Å². The lowest BCUT2D eigenvalue weighted by Crippen LogP contribution is -2.43. The summed E-state index contributed by atoms with van der Waals surface area (Å²) in [6, 6.07) is 0.501. The van der Waals surface area contributed by atoms with E-state index in [4.69, 9.17) is 4.74 Å². The average Bonchev–Trinajstić information content (AvgIpc) is 2.33. The lowest BCUT2D eigenvalue weighted by atomic mass is 9.86. The number of carbonyl (C=O) groups excluding carboxylic acids is 1. The Bertz CT molecular complexity index is 208. The van der Waals surface area contributed by atoms with Gasteiger partial charge in [0.05, 0.1) is 6.61 Å². The molecule has 0 radical (unpaired) electrons. The Morgan fingerprint density at radius 1 is 1.41 bits per heavy atom. The molecule has 0 heterocycles. The maximum absolute atomic E-state index is 11.3. The summed E-state index contributed by atoms with van der Waals surface area (Å²) in [5.41, 5.74) is -0.216. The Balaban J connectivity index is 4.52. The van der Waals surface area contributed by atoms with Crippen LogP contribution in [0.4, 0.5) is 0 Å². The smallest absolute Gasteiger partial charge is 0.127 e. The maximum Gasteiger partial charge on any atom is 0.127 e. The molecule has 0 aromatic rings. The summed E-state index contributed by atoms with van der Waals surface area (Å²) in [6.07, 6.45) is 4.23. The van der Waals surface area contributed by atoms with Crippen molar-refractivity contribution in [1.82, 2.24) is 4.90 Å². The molecule has 0 aromatic heterocycles. The fourth-order valence-electron chi connectivity index (χ4n) is 2.13. The zero-order chi connectivity index (χ0) is 13.3. The Hall–Kier alpha value is -0.410. The quantitative estimate of drug-likeness (QED) is 0.553. The number of hydrogen-bond acceptors (Lipinski definition) is 3. The fourth-order valence-corrected chi connectivity index (χ4v) is 2.13. The van der Waals surface area contributed by atoms with Crippen molar-refractivity contribution in [3.63, 3.8) is 0 Å². The Morgan fingerprint density at radius 3 is 2.47 bits per heavy atom. The van der Waals surface area contributed by atoms with Crippen molar-refractivity contribution in [1.29, 1.82) is 0 Å². The number of rotatable bonds is 10. The van der Waals surface area contributed by atoms with Crippen LogP contribution in [0.2, 0.25) is 0 Å². The summed E-state index contributed by atoms with van der Waals surface area (Å²) in [5, 5.41) is 0. The molecule has 2 unspecified atom stereocenters. The van der Waals surface area contributed by atoms with Crippen LogP contribution in [0.5, 0.6) is 0 Å². The molecule has 0 aliphatic carbocycles. The molecule has 0 bridgehead atoms. The van der Waals surface area contributed by atoms with Crippen LogP contribution in [-0.2, 0) is 9.53 Å². The molecular weight excluding hydrogens is 214 g/mol. The van der Waals surface area contributed by atoms with Crippen LogP contribution >= 0.6 is 0 Å². The number of ether oxygens (including phenoxy) is 1. The van der Waals surface area contributed by atoms with Crippen LogP contribution in [0, 0.1) is 5.41 Å². The van der Waals surface area contributed by atoms with Crippen molar-refractivity contribution in [3.05, 3.63) is 0 Å². The van der Waals surface area contributed by atoms with Gasteiger partial charge in [0.15, 0.2) is 0 Å². The van der Waals surface area contributed by atoms with Crippen LogP contribution in [0.3, 0.4) is 0 Å². The largest absolute Gasteiger partial charge is 0.383 e. The molecular formula is C14H29NO2. The summed E-state index contributed by atoms with van der Waals surface area (Å²) in [4.78, 5) is 13.6. The van der Waals surface area contributed by atoms with Crippen LogP contribution in [0.1, 0.15) is 47.0 Å². The molecule has 0 N–H and O–H groups in total. The minimum absolute atomic E-state index is 0.216. The molecule has 2 atom stereocenters. The highest BCUT2D eigenvalue weighted by atomic mass is 16.5. The standard InChI is InChI=1S/C14H29NO2/c1-6-8-14(4,12-16)11-15(9-10-17-5)13(3)7-2/h12-13H,6-11H2,1-5H3. The van der Waals surface area contributed by atoms with E-state index in [-0.39, 0.29) is 5.41 Å². The van der Waals surface area contributed by atoms with E-state index in [2.05, 4.69) is 32.6 Å². The number of nitrogens with zero attached hydrogens (tertiary/aromatic N) is 1. The first-order valence-electron chi connectivity index (χ1n) is 6.72. The van der Waals surface area contributed by atoms with Gasteiger partial charge in [0.2, 0.25) is 0 Å². The van der Waals surface area contributed by atoms with E-state index in [0.717, 1.165) is 45.2 Å². The highest BCUT2D eigenvalue weighted by Crippen LogP contribution is 2.23. The van der Waals surface area contributed by atoms with Gasteiger partial charge < -0.3 is 9.53 Å². The predicted molar refractivity (Wildman–Crippen MR) is 72.3 cm³/mol. The summed E-state index contributed by atoms with van der Waals surface area (Å²) in [5.74, 6) is 0. The van der Waals surface area contributed by atoms with Gasteiger partial charge in [-0.05, 0) is 19.8 Å². The molecule has 0 saturated carbocycles. The van der Waals surface area contributed by atoms with Gasteiger partial charge in [0.25, 0.3) is 0 Å². The van der Waals surface area contributed by atoms with Gasteiger partial charge in [-0.3, -0.25) is 4.90 Å². The average molecular weight is 243 g/mol. The first-order valence-corrected chi connectivity index (χ1v) is 6.72. The van der Waals surface area contributed by atoms with E-state index < -0.39 is 0 Å². The summed E-state index contributed by atoms with van der Waals surface area (Å²) in [7, 11) is 1.72. The minimum atomic E-state index is -0.216. The van der Waals surface area contributed by atoms with E-state index in [1.807, 2.05) is 0 Å². The SMILES string of the molecule is CCCC(C)(C=O)CN(CCOC)C(C)CC. The molecule has 0 saturated heterocycles. The first kappa shape index (κ1) is 16.6. The van der Waals surface area contributed by atoms with Crippen molar-refractivity contribution in [2.75, 3.05) is 26.8 Å². The van der Waals surface area contributed by atoms with E-state index in [9.17, 15) is 4.79 Å². The third kappa shape index (κ3) is 6.18. The second-order valence-corrected chi connectivity index (χ2v) is 5.24. The van der Waals surface area contributed by atoms with Gasteiger partial charge in [-0.1, -0.05) is 27.2 Å². The van der Waals surface area contributed by atoms with E-state index in [1.54, 1.807) is 7.11 Å². The van der Waals surface area contributed by atoms with Gasteiger partial charge in [-0.15, -0.1) is 0 Å². The summed E-state index contributed by atoms with van der Waals surface area (Å²) >= 11 is 0. The zero-order valence-corrected chi connectivity index (χ0v) is 12.2. The first-order chi connectivity index (χ1) is 8.02. The zero-order valence-electron chi connectivity index (χ0n) is 12.2. The number of aldehydes is 1. The van der Waals surface area contributed by atoms with Crippen molar-refractivity contribution >= 4 is 6.29 Å². The van der Waals surface area contributed by atoms with Gasteiger partial charge >= 0.3 is 0 Å².